The molecule has 1 atom stereocenters. The second-order valence-corrected chi connectivity index (χ2v) is 5.45. The third kappa shape index (κ3) is 2.24. The van der Waals surface area contributed by atoms with Crippen LogP contribution in [0.1, 0.15) is 25.8 Å². The van der Waals surface area contributed by atoms with Gasteiger partial charge in [-0.25, -0.2) is 13.8 Å². The molecule has 1 saturated heterocycles. The van der Waals surface area contributed by atoms with Crippen molar-refractivity contribution in [3.8, 4) is 0 Å². The van der Waals surface area contributed by atoms with Crippen molar-refractivity contribution in [2.75, 3.05) is 25.4 Å². The van der Waals surface area contributed by atoms with Crippen molar-refractivity contribution in [1.29, 1.82) is 0 Å². The van der Waals surface area contributed by atoms with E-state index in [2.05, 4.69) is 9.88 Å². The summed E-state index contributed by atoms with van der Waals surface area (Å²) < 4.78 is 28.9. The standard InChI is InChI=1S/C14H18F2N4/c1-9(8-19-4-2-3-5-19)20-12-7-10(15)6-11(16)13(12)18-14(20)17/h6-7,9H,2-5,8H2,1H3,(H2,17,18). The van der Waals surface area contributed by atoms with E-state index in [0.29, 0.717) is 5.52 Å². The fraction of sp³-hybridized carbons (Fsp3) is 0.500. The number of nitrogen functional groups attached to an aromatic ring is 1. The molecule has 1 fully saturated rings. The van der Waals surface area contributed by atoms with Gasteiger partial charge in [0.05, 0.1) is 5.52 Å². The van der Waals surface area contributed by atoms with E-state index in [1.807, 2.05) is 6.92 Å². The Labute approximate surface area is 116 Å². The number of nitrogens with zero attached hydrogens (tertiary/aromatic N) is 3. The van der Waals surface area contributed by atoms with Gasteiger partial charge in [-0.2, -0.15) is 0 Å². The van der Waals surface area contributed by atoms with Crippen molar-refractivity contribution in [2.24, 2.45) is 0 Å². The summed E-state index contributed by atoms with van der Waals surface area (Å²) in [6, 6.07) is 2.16. The summed E-state index contributed by atoms with van der Waals surface area (Å²) in [5.41, 5.74) is 6.45. The quantitative estimate of drug-likeness (QED) is 0.940. The van der Waals surface area contributed by atoms with Crippen molar-refractivity contribution in [3.63, 3.8) is 0 Å². The van der Waals surface area contributed by atoms with Crippen LogP contribution >= 0.6 is 0 Å². The molecule has 3 rings (SSSR count). The molecular weight excluding hydrogens is 262 g/mol. The van der Waals surface area contributed by atoms with Crippen LogP contribution in [0.3, 0.4) is 0 Å². The zero-order valence-corrected chi connectivity index (χ0v) is 11.4. The lowest BCUT2D eigenvalue weighted by molar-refractivity contribution is 0.291. The number of imidazole rings is 1. The topological polar surface area (TPSA) is 47.1 Å². The Morgan fingerprint density at radius 2 is 2.00 bits per heavy atom. The Morgan fingerprint density at radius 3 is 2.70 bits per heavy atom. The number of nitrogens with two attached hydrogens (primary N) is 1. The normalized spacial score (nSPS) is 17.9. The van der Waals surface area contributed by atoms with Crippen molar-refractivity contribution < 1.29 is 8.78 Å². The smallest absolute Gasteiger partial charge is 0.201 e. The average Bonchev–Trinajstić information content (AvgIpc) is 2.96. The van der Waals surface area contributed by atoms with Gasteiger partial charge in [0.25, 0.3) is 0 Å². The van der Waals surface area contributed by atoms with Crippen LogP contribution in [-0.4, -0.2) is 34.1 Å². The number of halogens is 2. The highest BCUT2D eigenvalue weighted by atomic mass is 19.1. The lowest BCUT2D eigenvalue weighted by Crippen LogP contribution is -2.27. The molecule has 0 spiro atoms. The van der Waals surface area contributed by atoms with Crippen LogP contribution in [0, 0.1) is 11.6 Å². The van der Waals surface area contributed by atoms with Crippen molar-refractivity contribution in [1.82, 2.24) is 14.5 Å². The second-order valence-electron chi connectivity index (χ2n) is 5.45. The fourth-order valence-corrected chi connectivity index (χ4v) is 3.02. The monoisotopic (exact) mass is 280 g/mol. The van der Waals surface area contributed by atoms with E-state index in [1.54, 1.807) is 4.57 Å². The minimum absolute atomic E-state index is 0.0271. The van der Waals surface area contributed by atoms with Crippen LogP contribution in [0.5, 0.6) is 0 Å². The minimum Gasteiger partial charge on any atom is -0.369 e. The highest BCUT2D eigenvalue weighted by Gasteiger charge is 2.21. The van der Waals surface area contributed by atoms with Gasteiger partial charge in [-0.3, -0.25) is 0 Å². The first-order valence-electron chi connectivity index (χ1n) is 6.91. The summed E-state index contributed by atoms with van der Waals surface area (Å²) in [5.74, 6) is -1.04. The van der Waals surface area contributed by atoms with E-state index in [-0.39, 0.29) is 17.5 Å². The first-order valence-corrected chi connectivity index (χ1v) is 6.91. The highest BCUT2D eigenvalue weighted by Crippen LogP contribution is 2.26. The van der Waals surface area contributed by atoms with Crippen LogP contribution in [0.25, 0.3) is 11.0 Å². The molecule has 1 unspecified atom stereocenters. The van der Waals surface area contributed by atoms with E-state index in [4.69, 9.17) is 5.73 Å². The molecule has 6 heteroatoms. The van der Waals surface area contributed by atoms with Gasteiger partial charge in [0.2, 0.25) is 5.95 Å². The van der Waals surface area contributed by atoms with E-state index in [9.17, 15) is 8.78 Å². The highest BCUT2D eigenvalue weighted by molar-refractivity contribution is 5.79. The number of rotatable bonds is 3. The third-order valence-electron chi connectivity index (χ3n) is 3.90. The first kappa shape index (κ1) is 13.3. The molecular formula is C14H18F2N4. The van der Waals surface area contributed by atoms with Gasteiger partial charge in [0, 0.05) is 24.7 Å². The van der Waals surface area contributed by atoms with E-state index in [0.717, 1.165) is 25.7 Å². The molecule has 20 heavy (non-hydrogen) atoms. The van der Waals surface area contributed by atoms with E-state index < -0.39 is 11.6 Å². The summed E-state index contributed by atoms with van der Waals surface area (Å²) in [6.45, 7) is 4.95. The molecule has 0 bridgehead atoms. The maximum absolute atomic E-state index is 13.7. The number of hydrogen-bond donors (Lipinski definition) is 1. The van der Waals surface area contributed by atoms with Gasteiger partial charge in [0.1, 0.15) is 11.3 Å². The van der Waals surface area contributed by atoms with Crippen molar-refractivity contribution in [2.45, 2.75) is 25.8 Å². The van der Waals surface area contributed by atoms with Crippen molar-refractivity contribution in [3.05, 3.63) is 23.8 Å². The van der Waals surface area contributed by atoms with Gasteiger partial charge >= 0.3 is 0 Å². The fourth-order valence-electron chi connectivity index (χ4n) is 3.02. The molecule has 1 aromatic carbocycles. The lowest BCUT2D eigenvalue weighted by atomic mass is 10.2. The number of aromatic nitrogens is 2. The average molecular weight is 280 g/mol. The molecule has 2 aromatic rings. The number of fused-ring (bicyclic) bond motifs is 1. The lowest BCUT2D eigenvalue weighted by Gasteiger charge is -2.22. The van der Waals surface area contributed by atoms with Crippen LogP contribution in [0.4, 0.5) is 14.7 Å². The van der Waals surface area contributed by atoms with E-state index >= 15 is 0 Å². The van der Waals surface area contributed by atoms with Gasteiger partial charge in [-0.1, -0.05) is 0 Å². The maximum Gasteiger partial charge on any atom is 0.201 e. The molecule has 2 N–H and O–H groups in total. The number of hydrogen-bond acceptors (Lipinski definition) is 3. The summed E-state index contributed by atoms with van der Waals surface area (Å²) in [4.78, 5) is 6.37. The zero-order valence-electron chi connectivity index (χ0n) is 11.4. The second kappa shape index (κ2) is 5.01. The molecule has 108 valence electrons. The van der Waals surface area contributed by atoms with Gasteiger partial charge in [0.15, 0.2) is 5.82 Å². The molecule has 0 aliphatic carbocycles. The van der Waals surface area contributed by atoms with Crippen LogP contribution in [0.15, 0.2) is 12.1 Å². The third-order valence-corrected chi connectivity index (χ3v) is 3.90. The number of likely N-dealkylation sites (tertiary alicyclic amines) is 1. The predicted octanol–water partition coefficient (Wildman–Crippen LogP) is 2.55. The molecule has 1 aromatic heterocycles. The van der Waals surface area contributed by atoms with Crippen LogP contribution in [0.2, 0.25) is 0 Å². The van der Waals surface area contributed by atoms with Gasteiger partial charge < -0.3 is 15.2 Å². The van der Waals surface area contributed by atoms with Crippen LogP contribution < -0.4 is 5.73 Å². The van der Waals surface area contributed by atoms with Gasteiger partial charge in [-0.15, -0.1) is 0 Å². The molecule has 4 nitrogen and oxygen atoms in total. The Kier molecular flexibility index (Phi) is 3.33. The maximum atomic E-state index is 13.7. The largest absolute Gasteiger partial charge is 0.369 e. The zero-order chi connectivity index (χ0) is 14.3. The molecule has 1 aliphatic heterocycles. The number of benzene rings is 1. The molecule has 1 aliphatic rings. The summed E-state index contributed by atoms with van der Waals surface area (Å²) in [7, 11) is 0. The Hall–Kier alpha value is -1.69. The van der Waals surface area contributed by atoms with Crippen LogP contribution in [-0.2, 0) is 0 Å². The Bertz CT molecular complexity index is 632. The Morgan fingerprint density at radius 1 is 1.30 bits per heavy atom. The number of anilines is 1. The minimum atomic E-state index is -0.668. The molecule has 0 radical (unpaired) electrons. The Balaban J connectivity index is 1.99. The van der Waals surface area contributed by atoms with Crippen molar-refractivity contribution >= 4 is 17.0 Å². The SMILES string of the molecule is CC(CN1CCCC1)n1c(N)nc2c(F)cc(F)cc21. The molecule has 0 amide bonds. The first-order chi connectivity index (χ1) is 9.56. The summed E-state index contributed by atoms with van der Waals surface area (Å²) >= 11 is 0. The molecule has 2 heterocycles. The van der Waals surface area contributed by atoms with E-state index in [1.165, 1.54) is 18.9 Å². The summed E-state index contributed by atoms with van der Waals surface area (Å²) in [5, 5.41) is 0. The van der Waals surface area contributed by atoms with Gasteiger partial charge in [-0.05, 0) is 32.9 Å². The molecule has 0 saturated carbocycles. The summed E-state index contributed by atoms with van der Waals surface area (Å²) in [6.07, 6.45) is 2.41. The predicted molar refractivity (Wildman–Crippen MR) is 74.4 cm³/mol.